The van der Waals surface area contributed by atoms with Crippen molar-refractivity contribution in [3.05, 3.63) is 16.1 Å². The third kappa shape index (κ3) is 4.28. The van der Waals surface area contributed by atoms with Crippen LogP contribution in [0.2, 0.25) is 0 Å². The first kappa shape index (κ1) is 12.6. The topological polar surface area (TPSA) is 34.2 Å². The van der Waals surface area contributed by atoms with E-state index in [1.807, 2.05) is 6.20 Å². The molecule has 0 saturated carbocycles. The van der Waals surface area contributed by atoms with Gasteiger partial charge in [0.1, 0.15) is 0 Å². The Bertz CT molecular complexity index is 275. The molecule has 3 nitrogen and oxygen atoms in total. The lowest BCUT2D eigenvalue weighted by Gasteiger charge is -2.14. The van der Waals surface area contributed by atoms with Crippen LogP contribution in [0.3, 0.4) is 0 Å². The highest BCUT2D eigenvalue weighted by Crippen LogP contribution is 2.13. The van der Waals surface area contributed by atoms with E-state index in [0.717, 1.165) is 26.0 Å². The molecule has 1 aromatic rings. The summed E-state index contributed by atoms with van der Waals surface area (Å²) in [5, 5.41) is 4.68. The maximum absolute atomic E-state index is 5.13. The molecule has 1 aromatic heterocycles. The SMILES string of the molecule is CCc1ncc(CNC(CC)COC)s1. The van der Waals surface area contributed by atoms with Crippen LogP contribution in [0.1, 0.15) is 30.2 Å². The molecule has 1 unspecified atom stereocenters. The first-order valence-electron chi connectivity index (χ1n) is 5.46. The Kier molecular flexibility index (Phi) is 5.83. The number of nitrogens with zero attached hydrogens (tertiary/aromatic N) is 1. The lowest BCUT2D eigenvalue weighted by atomic mass is 10.2. The minimum absolute atomic E-state index is 0.446. The Hall–Kier alpha value is -0.450. The van der Waals surface area contributed by atoms with Crippen molar-refractivity contribution < 1.29 is 4.74 Å². The number of rotatable bonds is 7. The number of hydrogen-bond donors (Lipinski definition) is 1. The zero-order valence-electron chi connectivity index (χ0n) is 9.75. The molecule has 86 valence electrons. The standard InChI is InChI=1S/C11H20N2OS/c1-4-9(8-14-3)12-6-10-7-13-11(5-2)15-10/h7,9,12H,4-6,8H2,1-3H3. The number of methoxy groups -OCH3 is 1. The summed E-state index contributed by atoms with van der Waals surface area (Å²) in [7, 11) is 1.74. The van der Waals surface area contributed by atoms with Gasteiger partial charge < -0.3 is 10.1 Å². The van der Waals surface area contributed by atoms with Crippen molar-refractivity contribution in [1.29, 1.82) is 0 Å². The van der Waals surface area contributed by atoms with Crippen LogP contribution in [0.4, 0.5) is 0 Å². The molecule has 0 saturated heterocycles. The molecule has 0 fully saturated rings. The lowest BCUT2D eigenvalue weighted by Crippen LogP contribution is -2.31. The van der Waals surface area contributed by atoms with Gasteiger partial charge in [-0.3, -0.25) is 0 Å². The Morgan fingerprint density at radius 2 is 2.33 bits per heavy atom. The van der Waals surface area contributed by atoms with Crippen molar-refractivity contribution in [2.24, 2.45) is 0 Å². The van der Waals surface area contributed by atoms with Crippen molar-refractivity contribution in [2.45, 2.75) is 39.3 Å². The van der Waals surface area contributed by atoms with Crippen LogP contribution in [-0.2, 0) is 17.7 Å². The molecule has 1 atom stereocenters. The predicted octanol–water partition coefficient (Wildman–Crippen LogP) is 2.22. The smallest absolute Gasteiger partial charge is 0.0925 e. The normalized spacial score (nSPS) is 13.0. The van der Waals surface area contributed by atoms with Crippen LogP contribution >= 0.6 is 11.3 Å². The van der Waals surface area contributed by atoms with Crippen molar-refractivity contribution in [1.82, 2.24) is 10.3 Å². The van der Waals surface area contributed by atoms with Gasteiger partial charge in [-0.2, -0.15) is 0 Å². The summed E-state index contributed by atoms with van der Waals surface area (Å²) >= 11 is 1.79. The van der Waals surface area contributed by atoms with Crippen LogP contribution < -0.4 is 5.32 Å². The number of thiazole rings is 1. The highest BCUT2D eigenvalue weighted by molar-refractivity contribution is 7.11. The molecule has 0 amide bonds. The molecule has 15 heavy (non-hydrogen) atoms. The molecular weight excluding hydrogens is 208 g/mol. The molecule has 0 bridgehead atoms. The molecule has 0 aromatic carbocycles. The molecule has 4 heteroatoms. The van der Waals surface area contributed by atoms with Crippen LogP contribution in [0.5, 0.6) is 0 Å². The second-order valence-corrected chi connectivity index (χ2v) is 4.72. The molecule has 1 N–H and O–H groups in total. The van der Waals surface area contributed by atoms with Gasteiger partial charge in [-0.05, 0) is 12.8 Å². The first-order valence-corrected chi connectivity index (χ1v) is 6.27. The minimum atomic E-state index is 0.446. The second kappa shape index (κ2) is 6.93. The summed E-state index contributed by atoms with van der Waals surface area (Å²) in [6, 6.07) is 0.446. The van der Waals surface area contributed by atoms with E-state index in [2.05, 4.69) is 24.1 Å². The highest BCUT2D eigenvalue weighted by atomic mass is 32.1. The zero-order chi connectivity index (χ0) is 11.1. The predicted molar refractivity (Wildman–Crippen MR) is 64.3 cm³/mol. The van der Waals surface area contributed by atoms with E-state index in [-0.39, 0.29) is 0 Å². The molecule has 0 aliphatic carbocycles. The van der Waals surface area contributed by atoms with E-state index in [1.54, 1.807) is 18.4 Å². The van der Waals surface area contributed by atoms with Gasteiger partial charge in [0.15, 0.2) is 0 Å². The molecule has 0 spiro atoms. The van der Waals surface area contributed by atoms with Crippen LogP contribution in [0.25, 0.3) is 0 Å². The monoisotopic (exact) mass is 228 g/mol. The van der Waals surface area contributed by atoms with Crippen LogP contribution in [-0.4, -0.2) is 24.7 Å². The van der Waals surface area contributed by atoms with E-state index in [4.69, 9.17) is 4.74 Å². The number of nitrogens with one attached hydrogen (secondary N) is 1. The number of aryl methyl sites for hydroxylation is 1. The molecule has 0 radical (unpaired) electrons. The van der Waals surface area contributed by atoms with Gasteiger partial charge in [-0.25, -0.2) is 4.98 Å². The first-order chi connectivity index (χ1) is 7.30. The van der Waals surface area contributed by atoms with Crippen molar-refractivity contribution in [3.63, 3.8) is 0 Å². The van der Waals surface area contributed by atoms with E-state index >= 15 is 0 Å². The average Bonchev–Trinajstić information content (AvgIpc) is 2.72. The van der Waals surface area contributed by atoms with Gasteiger partial charge in [0.05, 0.1) is 11.6 Å². The fraction of sp³-hybridized carbons (Fsp3) is 0.727. The molecule has 0 aliphatic rings. The largest absolute Gasteiger partial charge is 0.383 e. The Morgan fingerprint density at radius 1 is 1.53 bits per heavy atom. The van der Waals surface area contributed by atoms with E-state index in [9.17, 15) is 0 Å². The molecular formula is C11H20N2OS. The Labute approximate surface area is 95.9 Å². The number of hydrogen-bond acceptors (Lipinski definition) is 4. The fourth-order valence-corrected chi connectivity index (χ4v) is 2.17. The van der Waals surface area contributed by atoms with E-state index < -0.39 is 0 Å². The van der Waals surface area contributed by atoms with Gasteiger partial charge in [0.25, 0.3) is 0 Å². The van der Waals surface area contributed by atoms with Gasteiger partial charge in [-0.1, -0.05) is 13.8 Å². The lowest BCUT2D eigenvalue weighted by molar-refractivity contribution is 0.164. The number of aromatic nitrogens is 1. The molecule has 0 aliphatic heterocycles. The van der Waals surface area contributed by atoms with Crippen molar-refractivity contribution >= 4 is 11.3 Å². The summed E-state index contributed by atoms with van der Waals surface area (Å²) in [4.78, 5) is 5.64. The minimum Gasteiger partial charge on any atom is -0.383 e. The fourth-order valence-electron chi connectivity index (χ4n) is 1.36. The third-order valence-corrected chi connectivity index (χ3v) is 3.47. The summed E-state index contributed by atoms with van der Waals surface area (Å²) in [6.07, 6.45) is 4.09. The number of ether oxygens (including phenoxy) is 1. The average molecular weight is 228 g/mol. The van der Waals surface area contributed by atoms with Crippen molar-refractivity contribution in [3.8, 4) is 0 Å². The van der Waals surface area contributed by atoms with Crippen LogP contribution in [0.15, 0.2) is 6.20 Å². The Balaban J connectivity index is 2.34. The quantitative estimate of drug-likeness (QED) is 0.777. The highest BCUT2D eigenvalue weighted by Gasteiger charge is 2.06. The van der Waals surface area contributed by atoms with Gasteiger partial charge in [-0.15, -0.1) is 11.3 Å². The maximum atomic E-state index is 5.13. The summed E-state index contributed by atoms with van der Waals surface area (Å²) in [5.41, 5.74) is 0. The van der Waals surface area contributed by atoms with E-state index in [0.29, 0.717) is 6.04 Å². The summed E-state index contributed by atoms with van der Waals surface area (Å²) in [5.74, 6) is 0. The second-order valence-electron chi connectivity index (χ2n) is 3.52. The molecule has 1 rings (SSSR count). The Morgan fingerprint density at radius 3 is 2.87 bits per heavy atom. The zero-order valence-corrected chi connectivity index (χ0v) is 10.6. The van der Waals surface area contributed by atoms with E-state index in [1.165, 1.54) is 9.88 Å². The maximum Gasteiger partial charge on any atom is 0.0925 e. The third-order valence-electron chi connectivity index (χ3n) is 2.33. The van der Waals surface area contributed by atoms with Gasteiger partial charge >= 0.3 is 0 Å². The molecule has 1 heterocycles. The summed E-state index contributed by atoms with van der Waals surface area (Å²) < 4.78 is 5.13. The van der Waals surface area contributed by atoms with Gasteiger partial charge in [0, 0.05) is 30.8 Å². The summed E-state index contributed by atoms with van der Waals surface area (Å²) in [6.45, 7) is 5.98. The van der Waals surface area contributed by atoms with Crippen molar-refractivity contribution in [2.75, 3.05) is 13.7 Å². The van der Waals surface area contributed by atoms with Gasteiger partial charge in [0.2, 0.25) is 0 Å². The van der Waals surface area contributed by atoms with Crippen LogP contribution in [0, 0.1) is 0 Å².